The number of nitrogens with zero attached hydrogens (tertiary/aromatic N) is 4. The summed E-state index contributed by atoms with van der Waals surface area (Å²) in [5.74, 6) is 0. The van der Waals surface area contributed by atoms with Crippen LogP contribution in [0.15, 0.2) is 0 Å². The van der Waals surface area contributed by atoms with Gasteiger partial charge in [0.15, 0.2) is 0 Å². The van der Waals surface area contributed by atoms with Gasteiger partial charge in [-0.25, -0.2) is 0 Å². The fraction of sp³-hybridized carbons (Fsp3) is 0.875. The van der Waals surface area contributed by atoms with Gasteiger partial charge < -0.3 is 44.8 Å². The summed E-state index contributed by atoms with van der Waals surface area (Å²) in [6.45, 7) is 33.2. The van der Waals surface area contributed by atoms with Crippen LogP contribution in [0.1, 0.15) is 105 Å². The second-order valence-electron chi connectivity index (χ2n) is 14.6. The predicted molar refractivity (Wildman–Crippen MR) is 186 cm³/mol. The molecule has 256 valence electrons. The molecule has 3 heterocycles. The van der Waals surface area contributed by atoms with Crippen molar-refractivity contribution in [2.24, 2.45) is 0 Å². The van der Waals surface area contributed by atoms with Gasteiger partial charge in [0, 0.05) is 0 Å². The Morgan fingerprint density at radius 2 is 0.467 bits per heavy atom. The van der Waals surface area contributed by atoms with E-state index in [1.54, 1.807) is 0 Å². The molecule has 0 unspecified atom stereocenters. The van der Waals surface area contributed by atoms with Crippen LogP contribution in [0.25, 0.3) is 0 Å². The zero-order valence-electron chi connectivity index (χ0n) is 30.3. The molecule has 10 nitrogen and oxygen atoms in total. The molecule has 1 saturated heterocycles. The maximum atomic E-state index is 5.33. The van der Waals surface area contributed by atoms with Gasteiger partial charge in [0.25, 0.3) is 0 Å². The van der Waals surface area contributed by atoms with E-state index in [2.05, 4.69) is 103 Å². The van der Waals surface area contributed by atoms with Gasteiger partial charge in [0.05, 0.1) is 79.3 Å². The zero-order chi connectivity index (χ0) is 33.3. The molecular formula is C32H60BaN4O6P2. The number of hydrogen-bond acceptors (Lipinski definition) is 10. The zero-order valence-corrected chi connectivity index (χ0v) is 36.6. The molecule has 13 heteroatoms. The molecule has 0 spiro atoms. The standard InChI is InChI=1S/C12H24O6.2C10H18N2P.Ba/c1-2-14-5-6-16-9-10-18-12-11-17-8-7-15-4-3-13-1;2*1-9(2,3)7-11-12-8(13-7)10(4,5)6;/h1-12H2;2*1-6H3;/q;2*-1;+2. The summed E-state index contributed by atoms with van der Waals surface area (Å²) in [5, 5.41) is 17.0. The molecule has 1 fully saturated rings. The van der Waals surface area contributed by atoms with Crippen molar-refractivity contribution in [2.75, 3.05) is 79.3 Å². The van der Waals surface area contributed by atoms with Gasteiger partial charge in [0.2, 0.25) is 0 Å². The first-order valence-corrected chi connectivity index (χ1v) is 17.4. The van der Waals surface area contributed by atoms with Gasteiger partial charge in [-0.1, -0.05) is 105 Å². The summed E-state index contributed by atoms with van der Waals surface area (Å²) >= 11 is 0. The molecular weight excluding hydrogens is 736 g/mol. The van der Waals surface area contributed by atoms with Gasteiger partial charge >= 0.3 is 48.9 Å². The normalized spacial score (nSPS) is 17.3. The Labute approximate surface area is 317 Å². The minimum absolute atomic E-state index is 0. The predicted octanol–water partition coefficient (Wildman–Crippen LogP) is 6.46. The maximum Gasteiger partial charge on any atom is 2.00 e. The minimum atomic E-state index is 0. The Morgan fingerprint density at radius 3 is 0.556 bits per heavy atom. The smallest absolute Gasteiger partial charge is 0.479 e. The van der Waals surface area contributed by atoms with Gasteiger partial charge in [-0.2, -0.15) is 20.4 Å². The third-order valence-corrected chi connectivity index (χ3v) is 9.71. The molecule has 0 bridgehead atoms. The van der Waals surface area contributed by atoms with Crippen molar-refractivity contribution in [3.05, 3.63) is 21.7 Å². The van der Waals surface area contributed by atoms with Gasteiger partial charge in [-0.05, 0) is 21.7 Å². The second kappa shape index (κ2) is 23.1. The van der Waals surface area contributed by atoms with Crippen LogP contribution in [0.2, 0.25) is 0 Å². The summed E-state index contributed by atoms with van der Waals surface area (Å²) in [4.78, 5) is 0. The molecule has 0 radical (unpaired) electrons. The van der Waals surface area contributed by atoms with Crippen molar-refractivity contribution >= 4 is 65.3 Å². The Hall–Kier alpha value is 0.611. The van der Waals surface area contributed by atoms with E-state index in [1.807, 2.05) is 0 Å². The van der Waals surface area contributed by atoms with Gasteiger partial charge in [-0.3, -0.25) is 0 Å². The Bertz CT molecular complexity index is 817. The third kappa shape index (κ3) is 22.0. The van der Waals surface area contributed by atoms with E-state index >= 15 is 0 Å². The van der Waals surface area contributed by atoms with Crippen LogP contribution < -0.4 is 0 Å². The number of hydrogen-bond donors (Lipinski definition) is 0. The van der Waals surface area contributed by atoms with E-state index in [1.165, 1.54) is 38.1 Å². The molecule has 0 aliphatic carbocycles. The van der Waals surface area contributed by atoms with Crippen LogP contribution >= 0.6 is 16.4 Å². The molecule has 0 aromatic carbocycles. The largest absolute Gasteiger partial charge is 2.00 e. The average Bonchev–Trinajstić information content (AvgIpc) is 3.60. The first-order chi connectivity index (χ1) is 20.4. The topological polar surface area (TPSA) is 107 Å². The molecule has 45 heavy (non-hydrogen) atoms. The van der Waals surface area contributed by atoms with Crippen LogP contribution in [0.4, 0.5) is 0 Å². The van der Waals surface area contributed by atoms with Crippen LogP contribution in [-0.2, 0) is 50.1 Å². The molecule has 3 rings (SSSR count). The molecule has 1 aliphatic heterocycles. The Kier molecular flexibility index (Phi) is 23.4. The summed E-state index contributed by atoms with van der Waals surface area (Å²) in [7, 11) is 2.42. The number of rotatable bonds is 0. The summed E-state index contributed by atoms with van der Waals surface area (Å²) in [5.41, 5.74) is 5.32. The Morgan fingerprint density at radius 1 is 0.333 bits per heavy atom. The van der Waals surface area contributed by atoms with Gasteiger partial charge in [0.1, 0.15) is 0 Å². The van der Waals surface area contributed by atoms with E-state index in [4.69, 9.17) is 28.4 Å². The first-order valence-electron chi connectivity index (χ1n) is 15.7. The molecule has 2 aromatic rings. The van der Waals surface area contributed by atoms with Crippen molar-refractivity contribution in [3.8, 4) is 0 Å². The maximum absolute atomic E-state index is 5.33. The van der Waals surface area contributed by atoms with Crippen LogP contribution in [0, 0.1) is 0 Å². The van der Waals surface area contributed by atoms with Crippen molar-refractivity contribution in [3.63, 3.8) is 0 Å². The fourth-order valence-electron chi connectivity index (χ4n) is 3.07. The number of aromatic nitrogens is 4. The van der Waals surface area contributed by atoms with Crippen LogP contribution in [0.5, 0.6) is 0 Å². The molecule has 2 aromatic heterocycles. The minimum Gasteiger partial charge on any atom is -0.479 e. The third-order valence-electron chi connectivity index (χ3n) is 5.82. The number of ether oxygens (including phenoxy) is 6. The quantitative estimate of drug-likeness (QED) is 0.276. The van der Waals surface area contributed by atoms with Crippen molar-refractivity contribution in [1.29, 1.82) is 0 Å². The van der Waals surface area contributed by atoms with Crippen LogP contribution in [0.3, 0.4) is 0 Å². The van der Waals surface area contributed by atoms with Crippen LogP contribution in [-0.4, -0.2) is 149 Å². The van der Waals surface area contributed by atoms with Crippen molar-refractivity contribution in [1.82, 2.24) is 20.4 Å². The molecule has 0 N–H and O–H groups in total. The van der Waals surface area contributed by atoms with E-state index in [0.717, 1.165) is 0 Å². The summed E-state index contributed by atoms with van der Waals surface area (Å²) < 4.78 is 32.0. The molecule has 0 saturated carbocycles. The molecule has 0 atom stereocenters. The average molecular weight is 796 g/mol. The summed E-state index contributed by atoms with van der Waals surface area (Å²) in [6, 6.07) is 0. The molecule has 1 aliphatic rings. The Balaban J connectivity index is 0.000000651. The van der Waals surface area contributed by atoms with Crippen molar-refractivity contribution in [2.45, 2.75) is 105 Å². The molecule has 0 amide bonds. The van der Waals surface area contributed by atoms with Crippen molar-refractivity contribution < 1.29 is 28.4 Å². The van der Waals surface area contributed by atoms with Gasteiger partial charge in [-0.15, -0.1) is 0 Å². The fourth-order valence-corrected chi connectivity index (χ4v) is 5.17. The monoisotopic (exact) mass is 796 g/mol. The van der Waals surface area contributed by atoms with E-state index in [-0.39, 0.29) is 70.5 Å². The van der Waals surface area contributed by atoms with E-state index in [9.17, 15) is 0 Å². The van der Waals surface area contributed by atoms with E-state index in [0.29, 0.717) is 79.3 Å². The van der Waals surface area contributed by atoms with E-state index < -0.39 is 0 Å². The first kappa shape index (κ1) is 45.6. The second-order valence-corrected chi connectivity index (χ2v) is 16.7. The summed E-state index contributed by atoms with van der Waals surface area (Å²) in [6.07, 6.45) is 0. The SMILES string of the molecule is C1COCCOCCOCCOCCOCCO1.CC(C)(C)c1nnc(C(C)(C)C)[p-]1.CC(C)(C)c1nnc(C(C)(C)C)[p-]1.[Ba+2].